The molecule has 3 nitrogen and oxygen atoms in total. The van der Waals surface area contributed by atoms with E-state index in [1.54, 1.807) is 12.1 Å². The first-order chi connectivity index (χ1) is 10.1. The lowest BCUT2D eigenvalue weighted by molar-refractivity contribution is 0.0697. The van der Waals surface area contributed by atoms with E-state index >= 15 is 0 Å². The largest absolute Gasteiger partial charge is 0.486 e. The minimum Gasteiger partial charge on any atom is -0.486 e. The number of benzene rings is 2. The highest BCUT2D eigenvalue weighted by molar-refractivity contribution is 6.33. The molecule has 0 heterocycles. The number of carboxylic acids is 1. The Morgan fingerprint density at radius 2 is 2.05 bits per heavy atom. The molecule has 2 aromatic rings. The molecule has 1 aliphatic rings. The molecule has 3 rings (SSSR count). The highest BCUT2D eigenvalue weighted by Crippen LogP contribution is 2.34. The maximum absolute atomic E-state index is 11.0. The summed E-state index contributed by atoms with van der Waals surface area (Å²) in [7, 11) is 0. The molecule has 0 fully saturated rings. The molecule has 0 aliphatic heterocycles. The van der Waals surface area contributed by atoms with Gasteiger partial charge in [-0.25, -0.2) is 4.79 Å². The van der Waals surface area contributed by atoms with Crippen molar-refractivity contribution >= 4 is 17.6 Å². The van der Waals surface area contributed by atoms with Gasteiger partial charge in [0.05, 0.1) is 10.6 Å². The van der Waals surface area contributed by atoms with Crippen LogP contribution in [0, 0.1) is 0 Å². The fourth-order valence-corrected chi connectivity index (χ4v) is 2.99. The van der Waals surface area contributed by atoms with Crippen LogP contribution in [0.1, 0.15) is 40.4 Å². The average Bonchev–Trinajstić information content (AvgIpc) is 2.47. The molecular formula is C17H15ClO3. The lowest BCUT2D eigenvalue weighted by Crippen LogP contribution is -2.15. The van der Waals surface area contributed by atoms with Crippen LogP contribution in [0.25, 0.3) is 0 Å². The Labute approximate surface area is 128 Å². The van der Waals surface area contributed by atoms with Gasteiger partial charge in [-0.1, -0.05) is 35.9 Å². The standard InChI is InChI=1S/C17H15ClO3/c18-15-10-12(8-9-14(15)17(19)20)21-16-7-3-5-11-4-1-2-6-13(11)16/h1-2,4,6,8-10,16H,3,5,7H2,(H,19,20). The highest BCUT2D eigenvalue weighted by atomic mass is 35.5. The smallest absolute Gasteiger partial charge is 0.337 e. The monoisotopic (exact) mass is 302 g/mol. The number of carboxylic acid groups (broad SMARTS) is 1. The normalized spacial score (nSPS) is 17.1. The molecule has 1 N–H and O–H groups in total. The molecule has 0 saturated heterocycles. The fourth-order valence-electron chi connectivity index (χ4n) is 2.74. The number of hydrogen-bond donors (Lipinski definition) is 1. The summed E-state index contributed by atoms with van der Waals surface area (Å²) < 4.78 is 6.02. The van der Waals surface area contributed by atoms with Crippen LogP contribution in [-0.4, -0.2) is 11.1 Å². The van der Waals surface area contributed by atoms with Gasteiger partial charge in [0.25, 0.3) is 0 Å². The van der Waals surface area contributed by atoms with Crippen LogP contribution in [0.2, 0.25) is 5.02 Å². The van der Waals surface area contributed by atoms with E-state index < -0.39 is 5.97 Å². The summed E-state index contributed by atoms with van der Waals surface area (Å²) in [6.45, 7) is 0. The van der Waals surface area contributed by atoms with E-state index in [-0.39, 0.29) is 16.7 Å². The number of aryl methyl sites for hydroxylation is 1. The van der Waals surface area contributed by atoms with Gasteiger partial charge in [0.2, 0.25) is 0 Å². The Hall–Kier alpha value is -2.00. The average molecular weight is 303 g/mol. The second-order valence-electron chi connectivity index (χ2n) is 5.14. The van der Waals surface area contributed by atoms with E-state index in [4.69, 9.17) is 21.4 Å². The van der Waals surface area contributed by atoms with Gasteiger partial charge in [-0.3, -0.25) is 0 Å². The van der Waals surface area contributed by atoms with Crippen molar-refractivity contribution in [2.75, 3.05) is 0 Å². The summed E-state index contributed by atoms with van der Waals surface area (Å²) in [6, 6.07) is 13.0. The van der Waals surface area contributed by atoms with Crippen LogP contribution in [0.4, 0.5) is 0 Å². The Bertz CT molecular complexity index is 681. The molecule has 0 radical (unpaired) electrons. The molecular weight excluding hydrogens is 288 g/mol. The van der Waals surface area contributed by atoms with E-state index in [9.17, 15) is 4.79 Å². The number of aromatic carboxylic acids is 1. The number of fused-ring (bicyclic) bond motifs is 1. The van der Waals surface area contributed by atoms with E-state index in [0.717, 1.165) is 19.3 Å². The zero-order valence-corrected chi connectivity index (χ0v) is 12.1. The first kappa shape index (κ1) is 14.0. The van der Waals surface area contributed by atoms with Crippen molar-refractivity contribution in [3.05, 3.63) is 64.2 Å². The minimum absolute atomic E-state index is 0.00157. The quantitative estimate of drug-likeness (QED) is 0.908. The molecule has 1 atom stereocenters. The van der Waals surface area contributed by atoms with E-state index in [2.05, 4.69) is 12.1 Å². The number of carbonyl (C=O) groups is 1. The third kappa shape index (κ3) is 2.88. The second-order valence-corrected chi connectivity index (χ2v) is 5.55. The predicted octanol–water partition coefficient (Wildman–Crippen LogP) is 4.49. The Kier molecular flexibility index (Phi) is 3.84. The lowest BCUT2D eigenvalue weighted by Gasteiger charge is -2.26. The van der Waals surface area contributed by atoms with Gasteiger partial charge in [-0.2, -0.15) is 0 Å². The molecule has 1 unspecified atom stereocenters. The molecule has 1 aliphatic carbocycles. The summed E-state index contributed by atoms with van der Waals surface area (Å²) in [6.07, 6.45) is 3.12. The molecule has 4 heteroatoms. The van der Waals surface area contributed by atoms with Crippen molar-refractivity contribution in [2.45, 2.75) is 25.4 Å². The van der Waals surface area contributed by atoms with Crippen LogP contribution in [0.15, 0.2) is 42.5 Å². The molecule has 2 aromatic carbocycles. The topological polar surface area (TPSA) is 46.5 Å². The van der Waals surface area contributed by atoms with Gasteiger partial charge in [-0.05, 0) is 48.6 Å². The molecule has 0 spiro atoms. The Morgan fingerprint density at radius 1 is 1.24 bits per heavy atom. The van der Waals surface area contributed by atoms with Crippen LogP contribution in [-0.2, 0) is 6.42 Å². The minimum atomic E-state index is -1.03. The third-order valence-corrected chi connectivity index (χ3v) is 4.08. The maximum Gasteiger partial charge on any atom is 0.337 e. The first-order valence-corrected chi connectivity index (χ1v) is 7.30. The van der Waals surface area contributed by atoms with Crippen LogP contribution in [0.5, 0.6) is 5.75 Å². The van der Waals surface area contributed by atoms with Gasteiger partial charge >= 0.3 is 5.97 Å². The van der Waals surface area contributed by atoms with Gasteiger partial charge in [0.1, 0.15) is 11.9 Å². The molecule has 0 aromatic heterocycles. The lowest BCUT2D eigenvalue weighted by atomic mass is 9.89. The highest BCUT2D eigenvalue weighted by Gasteiger charge is 2.21. The molecule has 0 saturated carbocycles. The van der Waals surface area contributed by atoms with Gasteiger partial charge in [-0.15, -0.1) is 0 Å². The Balaban J connectivity index is 1.85. The van der Waals surface area contributed by atoms with E-state index in [0.29, 0.717) is 5.75 Å². The van der Waals surface area contributed by atoms with E-state index in [1.807, 2.05) is 12.1 Å². The zero-order chi connectivity index (χ0) is 14.8. The van der Waals surface area contributed by atoms with Crippen LogP contribution in [0.3, 0.4) is 0 Å². The summed E-state index contributed by atoms with van der Waals surface area (Å²) in [5.74, 6) is -0.429. The summed E-state index contributed by atoms with van der Waals surface area (Å²) >= 11 is 5.98. The SMILES string of the molecule is O=C(O)c1ccc(OC2CCCc3ccccc32)cc1Cl. The Morgan fingerprint density at radius 3 is 2.81 bits per heavy atom. The van der Waals surface area contributed by atoms with Crippen molar-refractivity contribution in [1.29, 1.82) is 0 Å². The van der Waals surface area contributed by atoms with Crippen molar-refractivity contribution in [1.82, 2.24) is 0 Å². The van der Waals surface area contributed by atoms with Crippen molar-refractivity contribution < 1.29 is 14.6 Å². The molecule has 0 amide bonds. The van der Waals surface area contributed by atoms with Crippen LogP contribution >= 0.6 is 11.6 Å². The second kappa shape index (κ2) is 5.78. The third-order valence-electron chi connectivity index (χ3n) is 3.76. The molecule has 0 bridgehead atoms. The zero-order valence-electron chi connectivity index (χ0n) is 11.4. The molecule has 21 heavy (non-hydrogen) atoms. The van der Waals surface area contributed by atoms with Gasteiger partial charge < -0.3 is 9.84 Å². The summed E-state index contributed by atoms with van der Waals surface area (Å²) in [4.78, 5) is 11.0. The van der Waals surface area contributed by atoms with Gasteiger partial charge in [0, 0.05) is 0 Å². The number of hydrogen-bond acceptors (Lipinski definition) is 2. The predicted molar refractivity (Wildman–Crippen MR) is 81.2 cm³/mol. The van der Waals surface area contributed by atoms with Crippen molar-refractivity contribution in [3.63, 3.8) is 0 Å². The number of rotatable bonds is 3. The maximum atomic E-state index is 11.0. The summed E-state index contributed by atoms with van der Waals surface area (Å²) in [5, 5.41) is 9.18. The number of ether oxygens (including phenoxy) is 1. The van der Waals surface area contributed by atoms with E-state index in [1.165, 1.54) is 17.2 Å². The van der Waals surface area contributed by atoms with Gasteiger partial charge in [0.15, 0.2) is 0 Å². The van der Waals surface area contributed by atoms with Crippen molar-refractivity contribution in [2.24, 2.45) is 0 Å². The van der Waals surface area contributed by atoms with Crippen molar-refractivity contribution in [3.8, 4) is 5.75 Å². The summed E-state index contributed by atoms with van der Waals surface area (Å²) in [5.41, 5.74) is 2.62. The molecule has 108 valence electrons. The first-order valence-electron chi connectivity index (χ1n) is 6.92. The van der Waals surface area contributed by atoms with Crippen LogP contribution < -0.4 is 4.74 Å². The fraction of sp³-hybridized carbons (Fsp3) is 0.235. The number of halogens is 1.